The predicted molar refractivity (Wildman–Crippen MR) is 93.3 cm³/mol. The Morgan fingerprint density at radius 1 is 1.09 bits per heavy atom. The Labute approximate surface area is 140 Å². The molecule has 1 heterocycles. The van der Waals surface area contributed by atoms with Gasteiger partial charge in [0.1, 0.15) is 11.5 Å². The zero-order valence-corrected chi connectivity index (χ0v) is 15.0. The van der Waals surface area contributed by atoms with Gasteiger partial charge >= 0.3 is 0 Å². The Hall–Kier alpha value is -1.69. The largest absolute Gasteiger partial charge is 0.493 e. The molecule has 1 aromatic rings. The fraction of sp³-hybridized carbons (Fsp3) is 0.650. The molecule has 1 aromatic carbocycles. The highest BCUT2D eigenvalue weighted by atomic mass is 16.5. The van der Waals surface area contributed by atoms with E-state index in [-0.39, 0.29) is 0 Å². The van der Waals surface area contributed by atoms with Gasteiger partial charge in [0.15, 0.2) is 0 Å². The van der Waals surface area contributed by atoms with Gasteiger partial charge in [0.2, 0.25) is 0 Å². The normalized spacial score (nSPS) is 16.4. The first-order valence-electron chi connectivity index (χ1n) is 8.85. The highest BCUT2D eigenvalue weighted by Crippen LogP contribution is 2.41. The molecule has 23 heavy (non-hydrogen) atoms. The molecular weight excluding hydrogens is 286 g/mol. The maximum atomic E-state index is 8.53. The van der Waals surface area contributed by atoms with Crippen LogP contribution in [-0.4, -0.2) is 12.7 Å². The van der Waals surface area contributed by atoms with Crippen molar-refractivity contribution >= 4 is 0 Å². The Kier molecular flexibility index (Phi) is 6.33. The van der Waals surface area contributed by atoms with Gasteiger partial charge in [-0.3, -0.25) is 0 Å². The molecule has 1 aliphatic heterocycles. The summed E-state index contributed by atoms with van der Waals surface area (Å²) in [4.78, 5) is 0. The van der Waals surface area contributed by atoms with E-state index in [0.717, 1.165) is 56.6 Å². The topological polar surface area (TPSA) is 42.2 Å². The summed E-state index contributed by atoms with van der Waals surface area (Å²) in [5.74, 6) is 2.14. The SMILES string of the molecule is Cc1c(C)c2c(c(C)c1OCCCCCCC#N)CCC(C)O2. The monoisotopic (exact) mass is 315 g/mol. The molecule has 1 unspecified atom stereocenters. The van der Waals surface area contributed by atoms with Crippen LogP contribution in [0.2, 0.25) is 0 Å². The second kappa shape index (κ2) is 8.24. The summed E-state index contributed by atoms with van der Waals surface area (Å²) < 4.78 is 12.2. The summed E-state index contributed by atoms with van der Waals surface area (Å²) in [6.45, 7) is 9.33. The number of ether oxygens (including phenoxy) is 2. The van der Waals surface area contributed by atoms with Gasteiger partial charge in [-0.05, 0) is 70.1 Å². The van der Waals surface area contributed by atoms with Gasteiger partial charge in [0.05, 0.1) is 18.8 Å². The van der Waals surface area contributed by atoms with Gasteiger partial charge < -0.3 is 9.47 Å². The van der Waals surface area contributed by atoms with E-state index in [9.17, 15) is 0 Å². The number of benzene rings is 1. The lowest BCUT2D eigenvalue weighted by atomic mass is 9.92. The molecule has 0 saturated heterocycles. The molecular formula is C20H29NO2. The van der Waals surface area contributed by atoms with Crippen molar-refractivity contribution in [3.63, 3.8) is 0 Å². The lowest BCUT2D eigenvalue weighted by Crippen LogP contribution is -2.21. The maximum absolute atomic E-state index is 8.53. The smallest absolute Gasteiger partial charge is 0.126 e. The predicted octanol–water partition coefficient (Wildman–Crippen LogP) is 5.18. The molecule has 0 N–H and O–H groups in total. The van der Waals surface area contributed by atoms with Gasteiger partial charge in [0, 0.05) is 12.0 Å². The highest BCUT2D eigenvalue weighted by molar-refractivity contribution is 5.58. The molecule has 0 amide bonds. The van der Waals surface area contributed by atoms with Gasteiger partial charge in [-0.1, -0.05) is 12.8 Å². The average Bonchev–Trinajstić information content (AvgIpc) is 2.54. The zero-order valence-electron chi connectivity index (χ0n) is 15.0. The Bertz CT molecular complexity index is 587. The molecule has 0 spiro atoms. The number of hydrogen-bond donors (Lipinski definition) is 0. The quantitative estimate of drug-likeness (QED) is 0.651. The molecule has 3 heteroatoms. The minimum Gasteiger partial charge on any atom is -0.493 e. The van der Waals surface area contributed by atoms with Crippen molar-refractivity contribution in [2.45, 2.75) is 78.7 Å². The van der Waals surface area contributed by atoms with Crippen LogP contribution in [0.3, 0.4) is 0 Å². The van der Waals surface area contributed by atoms with E-state index in [1.165, 1.54) is 22.3 Å². The zero-order chi connectivity index (χ0) is 16.8. The number of hydrogen-bond acceptors (Lipinski definition) is 3. The van der Waals surface area contributed by atoms with E-state index in [1.54, 1.807) is 0 Å². The summed E-state index contributed by atoms with van der Waals surface area (Å²) in [5.41, 5.74) is 5.01. The molecule has 2 rings (SSSR count). The average molecular weight is 315 g/mol. The van der Waals surface area contributed by atoms with E-state index >= 15 is 0 Å². The van der Waals surface area contributed by atoms with Crippen LogP contribution in [0, 0.1) is 32.1 Å². The number of fused-ring (bicyclic) bond motifs is 1. The molecule has 0 aromatic heterocycles. The van der Waals surface area contributed by atoms with Crippen molar-refractivity contribution in [2.75, 3.05) is 6.61 Å². The molecule has 1 atom stereocenters. The van der Waals surface area contributed by atoms with Gasteiger partial charge in [-0.15, -0.1) is 0 Å². The summed E-state index contributed by atoms with van der Waals surface area (Å²) in [5, 5.41) is 8.53. The van der Waals surface area contributed by atoms with Crippen molar-refractivity contribution in [2.24, 2.45) is 0 Å². The number of nitrogens with zero attached hydrogens (tertiary/aromatic N) is 1. The van der Waals surface area contributed by atoms with Crippen LogP contribution in [0.25, 0.3) is 0 Å². The van der Waals surface area contributed by atoms with Crippen molar-refractivity contribution in [3.05, 3.63) is 22.3 Å². The lowest BCUT2D eigenvalue weighted by molar-refractivity contribution is 0.189. The van der Waals surface area contributed by atoms with Gasteiger partial charge in [-0.2, -0.15) is 5.26 Å². The van der Waals surface area contributed by atoms with E-state index in [1.807, 2.05) is 0 Å². The van der Waals surface area contributed by atoms with E-state index in [0.29, 0.717) is 12.5 Å². The molecule has 1 aliphatic rings. The first-order valence-corrected chi connectivity index (χ1v) is 8.85. The van der Waals surface area contributed by atoms with E-state index in [2.05, 4.69) is 33.8 Å². The standard InChI is InChI=1S/C20H29NO2/c1-14-10-11-18-17(4)19(15(2)16(3)20(18)23-14)22-13-9-7-5-6-8-12-21/h14H,5-11,13H2,1-4H3. The van der Waals surface area contributed by atoms with Gasteiger partial charge in [0.25, 0.3) is 0 Å². The second-order valence-corrected chi connectivity index (χ2v) is 6.65. The van der Waals surface area contributed by atoms with Crippen LogP contribution in [0.5, 0.6) is 11.5 Å². The first kappa shape index (κ1) is 17.7. The molecule has 0 aliphatic carbocycles. The minimum absolute atomic E-state index is 0.306. The van der Waals surface area contributed by atoms with Crippen LogP contribution < -0.4 is 9.47 Å². The third-order valence-corrected chi connectivity index (χ3v) is 4.86. The van der Waals surface area contributed by atoms with Crippen molar-refractivity contribution in [1.29, 1.82) is 5.26 Å². The molecule has 0 fully saturated rings. The first-order chi connectivity index (χ1) is 11.1. The molecule has 126 valence electrons. The Morgan fingerprint density at radius 3 is 2.57 bits per heavy atom. The third kappa shape index (κ3) is 4.19. The maximum Gasteiger partial charge on any atom is 0.126 e. The molecule has 3 nitrogen and oxygen atoms in total. The Balaban J connectivity index is 2.00. The summed E-state index contributed by atoms with van der Waals surface area (Å²) in [6.07, 6.45) is 7.43. The summed E-state index contributed by atoms with van der Waals surface area (Å²) in [7, 11) is 0. The molecule has 0 radical (unpaired) electrons. The van der Waals surface area contributed by atoms with Crippen LogP contribution >= 0.6 is 0 Å². The minimum atomic E-state index is 0.306. The second-order valence-electron chi connectivity index (χ2n) is 6.65. The van der Waals surface area contributed by atoms with Gasteiger partial charge in [-0.25, -0.2) is 0 Å². The van der Waals surface area contributed by atoms with E-state index < -0.39 is 0 Å². The summed E-state index contributed by atoms with van der Waals surface area (Å²) in [6, 6.07) is 2.19. The van der Waals surface area contributed by atoms with Crippen molar-refractivity contribution < 1.29 is 9.47 Å². The molecule has 0 bridgehead atoms. The van der Waals surface area contributed by atoms with E-state index in [4.69, 9.17) is 14.7 Å². The number of rotatable bonds is 7. The van der Waals surface area contributed by atoms with Crippen LogP contribution in [0.4, 0.5) is 0 Å². The third-order valence-electron chi connectivity index (χ3n) is 4.86. The van der Waals surface area contributed by atoms with Crippen LogP contribution in [0.1, 0.15) is 67.7 Å². The lowest BCUT2D eigenvalue weighted by Gasteiger charge is -2.29. The molecule has 0 saturated carbocycles. The summed E-state index contributed by atoms with van der Waals surface area (Å²) >= 11 is 0. The number of unbranched alkanes of at least 4 members (excludes halogenated alkanes) is 4. The fourth-order valence-corrected chi connectivity index (χ4v) is 3.27. The van der Waals surface area contributed by atoms with Crippen LogP contribution in [-0.2, 0) is 6.42 Å². The van der Waals surface area contributed by atoms with Crippen LogP contribution in [0.15, 0.2) is 0 Å². The number of nitriles is 1. The van der Waals surface area contributed by atoms with Crippen molar-refractivity contribution in [3.8, 4) is 17.6 Å². The fourth-order valence-electron chi connectivity index (χ4n) is 3.27. The Morgan fingerprint density at radius 2 is 1.83 bits per heavy atom. The highest BCUT2D eigenvalue weighted by Gasteiger charge is 2.24. The van der Waals surface area contributed by atoms with Crippen molar-refractivity contribution in [1.82, 2.24) is 0 Å².